The minimum Gasteiger partial charge on any atom is -0.497 e. The first-order valence-electron chi connectivity index (χ1n) is 8.47. The molecule has 0 spiro atoms. The van der Waals surface area contributed by atoms with Crippen LogP contribution in [-0.2, 0) is 4.79 Å². The lowest BCUT2D eigenvalue weighted by Gasteiger charge is -2.13. The highest BCUT2D eigenvalue weighted by molar-refractivity contribution is 8.00. The van der Waals surface area contributed by atoms with Crippen LogP contribution in [0.1, 0.15) is 26.8 Å². The number of carbonyl (C=O) groups excluding carboxylic acids is 1. The fourth-order valence-corrected chi connectivity index (χ4v) is 3.05. The number of methoxy groups -OCH3 is 1. The molecule has 0 radical (unpaired) electrons. The van der Waals surface area contributed by atoms with Gasteiger partial charge in [0.15, 0.2) is 0 Å². The van der Waals surface area contributed by atoms with E-state index in [4.69, 9.17) is 9.15 Å². The van der Waals surface area contributed by atoms with Crippen LogP contribution in [0.4, 0.5) is 5.82 Å². The SMILES string of the molecule is COc1ccc(-c2nnc(SC(C)C(=O)Nc3ccnn3C(C)C)o2)cc1. The Balaban J connectivity index is 1.63. The Morgan fingerprint density at radius 3 is 2.59 bits per heavy atom. The Hall–Kier alpha value is -2.81. The number of nitrogens with one attached hydrogen (secondary N) is 1. The first-order valence-corrected chi connectivity index (χ1v) is 9.35. The summed E-state index contributed by atoms with van der Waals surface area (Å²) in [6.07, 6.45) is 1.66. The molecule has 1 aromatic carbocycles. The fourth-order valence-electron chi connectivity index (χ4n) is 2.37. The smallest absolute Gasteiger partial charge is 0.277 e. The zero-order valence-electron chi connectivity index (χ0n) is 15.5. The van der Waals surface area contributed by atoms with Gasteiger partial charge in [-0.3, -0.25) is 4.79 Å². The summed E-state index contributed by atoms with van der Waals surface area (Å²) in [4.78, 5) is 12.5. The molecule has 2 aromatic heterocycles. The van der Waals surface area contributed by atoms with E-state index in [-0.39, 0.29) is 11.9 Å². The van der Waals surface area contributed by atoms with Gasteiger partial charge in [-0.05, 0) is 45.0 Å². The quantitative estimate of drug-likeness (QED) is 0.618. The Morgan fingerprint density at radius 1 is 1.19 bits per heavy atom. The molecule has 27 heavy (non-hydrogen) atoms. The summed E-state index contributed by atoms with van der Waals surface area (Å²) >= 11 is 1.20. The molecule has 142 valence electrons. The summed E-state index contributed by atoms with van der Waals surface area (Å²) in [5.74, 6) is 1.64. The molecule has 0 fully saturated rings. The van der Waals surface area contributed by atoms with Crippen molar-refractivity contribution in [1.29, 1.82) is 0 Å². The number of rotatable bonds is 7. The van der Waals surface area contributed by atoms with Crippen LogP contribution in [0.25, 0.3) is 11.5 Å². The maximum Gasteiger partial charge on any atom is 0.277 e. The fraction of sp³-hybridized carbons (Fsp3) is 0.333. The van der Waals surface area contributed by atoms with Gasteiger partial charge in [0.2, 0.25) is 11.8 Å². The van der Waals surface area contributed by atoms with Crippen LogP contribution in [0.15, 0.2) is 46.2 Å². The van der Waals surface area contributed by atoms with Crippen molar-refractivity contribution in [3.8, 4) is 17.2 Å². The molecule has 8 nitrogen and oxygen atoms in total. The Labute approximate surface area is 161 Å². The van der Waals surface area contributed by atoms with Crippen LogP contribution < -0.4 is 10.1 Å². The third-order valence-electron chi connectivity index (χ3n) is 3.80. The molecule has 1 atom stereocenters. The lowest BCUT2D eigenvalue weighted by atomic mass is 10.2. The van der Waals surface area contributed by atoms with Gasteiger partial charge in [0.1, 0.15) is 11.6 Å². The first-order chi connectivity index (χ1) is 13.0. The molecule has 1 unspecified atom stereocenters. The predicted octanol–water partition coefficient (Wildman–Crippen LogP) is 3.64. The number of ether oxygens (including phenoxy) is 1. The molecule has 0 bridgehead atoms. The number of carbonyl (C=O) groups is 1. The van der Waals surface area contributed by atoms with Gasteiger partial charge in [-0.25, -0.2) is 4.68 Å². The molecule has 3 aromatic rings. The maximum absolute atomic E-state index is 12.5. The van der Waals surface area contributed by atoms with Crippen LogP contribution in [0, 0.1) is 0 Å². The summed E-state index contributed by atoms with van der Waals surface area (Å²) in [5, 5.41) is 15.1. The molecule has 0 aliphatic heterocycles. The van der Waals surface area contributed by atoms with Gasteiger partial charge in [0, 0.05) is 17.7 Å². The largest absolute Gasteiger partial charge is 0.497 e. The van der Waals surface area contributed by atoms with E-state index in [1.165, 1.54) is 11.8 Å². The number of nitrogens with zero attached hydrogens (tertiary/aromatic N) is 4. The molecular weight excluding hydrogens is 366 g/mol. The van der Waals surface area contributed by atoms with Crippen LogP contribution >= 0.6 is 11.8 Å². The molecule has 2 heterocycles. The first kappa shape index (κ1) is 19.0. The van der Waals surface area contributed by atoms with E-state index in [0.717, 1.165) is 11.3 Å². The van der Waals surface area contributed by atoms with Gasteiger partial charge in [-0.1, -0.05) is 11.8 Å². The number of aromatic nitrogens is 4. The molecular formula is C18H21N5O3S. The average Bonchev–Trinajstić information content (AvgIpc) is 3.31. The summed E-state index contributed by atoms with van der Waals surface area (Å²) in [7, 11) is 1.61. The van der Waals surface area contributed by atoms with E-state index in [2.05, 4.69) is 20.6 Å². The van der Waals surface area contributed by atoms with Crippen molar-refractivity contribution in [3.05, 3.63) is 36.5 Å². The lowest BCUT2D eigenvalue weighted by molar-refractivity contribution is -0.115. The van der Waals surface area contributed by atoms with Crippen LogP contribution in [0.5, 0.6) is 5.75 Å². The minimum atomic E-state index is -0.412. The van der Waals surface area contributed by atoms with Gasteiger partial charge in [-0.15, -0.1) is 10.2 Å². The second-order valence-electron chi connectivity index (χ2n) is 6.11. The Kier molecular flexibility index (Phi) is 5.80. The number of hydrogen-bond donors (Lipinski definition) is 1. The highest BCUT2D eigenvalue weighted by atomic mass is 32.2. The Bertz CT molecular complexity index is 904. The molecule has 0 aliphatic carbocycles. The van der Waals surface area contributed by atoms with Crippen molar-refractivity contribution in [2.45, 2.75) is 37.3 Å². The maximum atomic E-state index is 12.5. The normalized spacial score (nSPS) is 12.2. The molecule has 0 saturated carbocycles. The Morgan fingerprint density at radius 2 is 1.93 bits per heavy atom. The number of benzene rings is 1. The van der Waals surface area contributed by atoms with Crippen molar-refractivity contribution in [2.24, 2.45) is 0 Å². The highest BCUT2D eigenvalue weighted by Crippen LogP contribution is 2.27. The monoisotopic (exact) mass is 387 g/mol. The van der Waals surface area contributed by atoms with E-state index in [0.29, 0.717) is 16.9 Å². The standard InChI is InChI=1S/C18H21N5O3S/c1-11(2)23-15(9-10-19-23)20-16(24)12(3)27-18-22-21-17(26-18)13-5-7-14(25-4)8-6-13/h5-12H,1-4H3,(H,20,24). The van der Waals surface area contributed by atoms with Crippen molar-refractivity contribution in [1.82, 2.24) is 20.0 Å². The number of thioether (sulfide) groups is 1. The van der Waals surface area contributed by atoms with Crippen molar-refractivity contribution >= 4 is 23.5 Å². The zero-order chi connectivity index (χ0) is 19.4. The third-order valence-corrected chi connectivity index (χ3v) is 4.74. The second-order valence-corrected chi connectivity index (χ2v) is 7.40. The van der Waals surface area contributed by atoms with Crippen molar-refractivity contribution in [2.75, 3.05) is 12.4 Å². The van der Waals surface area contributed by atoms with E-state index in [1.54, 1.807) is 31.0 Å². The van der Waals surface area contributed by atoms with Gasteiger partial charge in [0.25, 0.3) is 5.22 Å². The summed E-state index contributed by atoms with van der Waals surface area (Å²) in [6.45, 7) is 5.78. The van der Waals surface area contributed by atoms with Gasteiger partial charge in [0.05, 0.1) is 18.6 Å². The molecule has 9 heteroatoms. The van der Waals surface area contributed by atoms with E-state index in [1.807, 2.05) is 38.1 Å². The lowest BCUT2D eigenvalue weighted by Crippen LogP contribution is -2.24. The van der Waals surface area contributed by atoms with Gasteiger partial charge < -0.3 is 14.5 Å². The zero-order valence-corrected chi connectivity index (χ0v) is 16.4. The van der Waals surface area contributed by atoms with Crippen molar-refractivity contribution < 1.29 is 13.9 Å². The molecule has 3 rings (SSSR count). The van der Waals surface area contributed by atoms with Gasteiger partial charge >= 0.3 is 0 Å². The topological polar surface area (TPSA) is 95.1 Å². The van der Waals surface area contributed by atoms with Crippen molar-refractivity contribution in [3.63, 3.8) is 0 Å². The summed E-state index contributed by atoms with van der Waals surface area (Å²) in [6, 6.07) is 9.24. The third kappa shape index (κ3) is 4.48. The summed E-state index contributed by atoms with van der Waals surface area (Å²) in [5.41, 5.74) is 0.785. The molecule has 1 amide bonds. The molecule has 0 saturated heterocycles. The van der Waals surface area contributed by atoms with Crippen LogP contribution in [-0.4, -0.2) is 38.2 Å². The van der Waals surface area contributed by atoms with E-state index >= 15 is 0 Å². The number of hydrogen-bond acceptors (Lipinski definition) is 7. The highest BCUT2D eigenvalue weighted by Gasteiger charge is 2.20. The number of anilines is 1. The van der Waals surface area contributed by atoms with E-state index in [9.17, 15) is 4.79 Å². The number of amides is 1. The predicted molar refractivity (Wildman–Crippen MR) is 103 cm³/mol. The molecule has 0 aliphatic rings. The van der Waals surface area contributed by atoms with Crippen LogP contribution in [0.2, 0.25) is 0 Å². The summed E-state index contributed by atoms with van der Waals surface area (Å²) < 4.78 is 12.6. The molecule has 1 N–H and O–H groups in total. The average molecular weight is 387 g/mol. The second kappa shape index (κ2) is 8.26. The van der Waals surface area contributed by atoms with Crippen LogP contribution in [0.3, 0.4) is 0 Å². The van der Waals surface area contributed by atoms with E-state index < -0.39 is 5.25 Å². The minimum absolute atomic E-state index is 0.154. The van der Waals surface area contributed by atoms with Gasteiger partial charge in [-0.2, -0.15) is 5.10 Å².